The largest absolute Gasteiger partial charge is 0.351 e. The number of nitrogens with zero attached hydrogens (tertiary/aromatic N) is 3. The molecule has 1 N–H and O–H groups in total. The summed E-state index contributed by atoms with van der Waals surface area (Å²) in [6.45, 7) is 8.59. The summed E-state index contributed by atoms with van der Waals surface area (Å²) in [6, 6.07) is 23.3. The second-order valence-electron chi connectivity index (χ2n) is 9.38. The van der Waals surface area contributed by atoms with Gasteiger partial charge in [-0.2, -0.15) is 0 Å². The maximum Gasteiger partial charge on any atom is 0.174 e. The van der Waals surface area contributed by atoms with Crippen LogP contribution in [0.25, 0.3) is 5.69 Å². The highest BCUT2D eigenvalue weighted by Gasteiger charge is 2.42. The second kappa shape index (κ2) is 9.27. The fourth-order valence-corrected chi connectivity index (χ4v) is 5.39. The molecule has 0 aliphatic carbocycles. The Labute approximate surface area is 211 Å². The van der Waals surface area contributed by atoms with E-state index in [2.05, 4.69) is 77.8 Å². The van der Waals surface area contributed by atoms with Crippen LogP contribution >= 0.6 is 12.2 Å². The summed E-state index contributed by atoms with van der Waals surface area (Å²) in [7, 11) is 0. The number of halogens is 1. The van der Waals surface area contributed by atoms with Crippen LogP contribution < -0.4 is 10.2 Å². The van der Waals surface area contributed by atoms with Crippen LogP contribution in [-0.2, 0) is 0 Å². The van der Waals surface area contributed by atoms with Gasteiger partial charge < -0.3 is 14.8 Å². The number of aryl methyl sites for hydroxylation is 1. The first-order chi connectivity index (χ1) is 16.8. The number of aromatic nitrogens is 2. The Morgan fingerprint density at radius 2 is 1.63 bits per heavy atom. The number of benzene rings is 2. The van der Waals surface area contributed by atoms with Crippen molar-refractivity contribution in [3.05, 3.63) is 113 Å². The minimum Gasteiger partial charge on any atom is -0.351 e. The molecule has 1 aliphatic heterocycles. The van der Waals surface area contributed by atoms with E-state index in [9.17, 15) is 4.39 Å². The van der Waals surface area contributed by atoms with E-state index in [4.69, 9.17) is 12.2 Å². The molecule has 2 atom stereocenters. The van der Waals surface area contributed by atoms with Crippen molar-refractivity contribution in [2.75, 3.05) is 4.90 Å². The summed E-state index contributed by atoms with van der Waals surface area (Å²) in [5.41, 5.74) is 7.53. The first kappa shape index (κ1) is 23.2. The highest BCUT2D eigenvalue weighted by Crippen LogP contribution is 2.43. The Morgan fingerprint density at radius 3 is 2.26 bits per heavy atom. The highest BCUT2D eigenvalue weighted by molar-refractivity contribution is 7.80. The summed E-state index contributed by atoms with van der Waals surface area (Å²) in [6.07, 6.45) is 1.82. The molecule has 4 aromatic rings. The monoisotopic (exact) mass is 484 g/mol. The number of pyridine rings is 1. The third kappa shape index (κ3) is 4.23. The molecule has 0 spiro atoms. The van der Waals surface area contributed by atoms with Crippen molar-refractivity contribution in [3.8, 4) is 5.69 Å². The third-order valence-electron chi connectivity index (χ3n) is 6.81. The van der Waals surface area contributed by atoms with E-state index < -0.39 is 0 Å². The lowest BCUT2D eigenvalue weighted by Crippen LogP contribution is -2.29. The average Bonchev–Trinajstić information content (AvgIpc) is 3.35. The van der Waals surface area contributed by atoms with Gasteiger partial charge in [-0.05, 0) is 97.7 Å². The van der Waals surface area contributed by atoms with Gasteiger partial charge in [-0.3, -0.25) is 4.98 Å². The Hall–Kier alpha value is -3.51. The summed E-state index contributed by atoms with van der Waals surface area (Å²) in [4.78, 5) is 6.87. The summed E-state index contributed by atoms with van der Waals surface area (Å²) < 4.78 is 15.8. The van der Waals surface area contributed by atoms with Gasteiger partial charge in [-0.25, -0.2) is 4.39 Å². The van der Waals surface area contributed by atoms with Gasteiger partial charge in [0.1, 0.15) is 5.82 Å². The third-order valence-corrected chi connectivity index (χ3v) is 7.12. The standard InChI is InChI=1S/C29H29FN4S/c1-18(2)21-8-12-24(13-9-21)34-28(27(32-29(34)35)26-7-5-6-16-31-26)25-17-19(3)33(20(25)4)23-14-10-22(30)11-15-23/h5-18,27-28H,1-4H3,(H,32,35)/t27-,28+/m1/s1. The molecule has 0 bridgehead atoms. The van der Waals surface area contributed by atoms with Gasteiger partial charge >= 0.3 is 0 Å². The van der Waals surface area contributed by atoms with Gasteiger partial charge in [0.15, 0.2) is 5.11 Å². The molecule has 1 aliphatic rings. The van der Waals surface area contributed by atoms with Crippen molar-refractivity contribution in [2.24, 2.45) is 0 Å². The lowest BCUT2D eigenvalue weighted by Gasteiger charge is -2.28. The van der Waals surface area contributed by atoms with Crippen molar-refractivity contribution in [3.63, 3.8) is 0 Å². The van der Waals surface area contributed by atoms with E-state index in [1.54, 1.807) is 0 Å². The molecule has 0 unspecified atom stereocenters. The predicted octanol–water partition coefficient (Wildman–Crippen LogP) is 6.93. The summed E-state index contributed by atoms with van der Waals surface area (Å²) >= 11 is 5.89. The van der Waals surface area contributed by atoms with E-state index in [0.29, 0.717) is 11.0 Å². The lowest BCUT2D eigenvalue weighted by atomic mass is 9.96. The fraction of sp³-hybridized carbons (Fsp3) is 0.241. The summed E-state index contributed by atoms with van der Waals surface area (Å²) in [5.74, 6) is 0.215. The topological polar surface area (TPSA) is 33.1 Å². The van der Waals surface area contributed by atoms with E-state index in [1.165, 1.54) is 17.7 Å². The Balaban J connectivity index is 1.65. The van der Waals surface area contributed by atoms with Crippen LogP contribution in [0.1, 0.15) is 60.1 Å². The molecule has 0 amide bonds. The van der Waals surface area contributed by atoms with E-state index >= 15 is 0 Å². The highest BCUT2D eigenvalue weighted by atomic mass is 32.1. The molecule has 6 heteroatoms. The van der Waals surface area contributed by atoms with Gasteiger partial charge in [-0.15, -0.1) is 0 Å². The Morgan fingerprint density at radius 1 is 0.943 bits per heavy atom. The zero-order valence-corrected chi connectivity index (χ0v) is 21.2. The van der Waals surface area contributed by atoms with Crippen LogP contribution in [0, 0.1) is 19.7 Å². The number of thiocarbonyl (C=S) groups is 1. The molecule has 2 aromatic carbocycles. The minimum atomic E-state index is -0.243. The molecule has 1 fully saturated rings. The van der Waals surface area contributed by atoms with E-state index in [0.717, 1.165) is 34.0 Å². The molecule has 0 radical (unpaired) electrons. The van der Waals surface area contributed by atoms with Gasteiger partial charge in [0.2, 0.25) is 0 Å². The molecule has 0 saturated carbocycles. The first-order valence-corrected chi connectivity index (χ1v) is 12.3. The van der Waals surface area contributed by atoms with Gasteiger partial charge in [0.05, 0.1) is 17.8 Å². The number of hydrogen-bond acceptors (Lipinski definition) is 2. The Bertz CT molecular complexity index is 1340. The quantitative estimate of drug-likeness (QED) is 0.312. The molecule has 4 nitrogen and oxygen atoms in total. The van der Waals surface area contributed by atoms with Crippen LogP contribution in [-0.4, -0.2) is 14.7 Å². The molecule has 3 heterocycles. The normalized spacial score (nSPS) is 17.8. The van der Waals surface area contributed by atoms with E-state index in [1.807, 2.05) is 36.5 Å². The summed E-state index contributed by atoms with van der Waals surface area (Å²) in [5, 5.41) is 4.22. The molecule has 178 valence electrons. The van der Waals surface area contributed by atoms with Gasteiger partial charge in [0, 0.05) is 29.0 Å². The average molecular weight is 485 g/mol. The maximum absolute atomic E-state index is 13.6. The van der Waals surface area contributed by atoms with Gasteiger partial charge in [0.25, 0.3) is 0 Å². The molecule has 35 heavy (non-hydrogen) atoms. The second-order valence-corrected chi connectivity index (χ2v) is 9.77. The van der Waals surface area contributed by atoms with Crippen LogP contribution in [0.5, 0.6) is 0 Å². The molecular weight excluding hydrogens is 455 g/mol. The predicted molar refractivity (Wildman–Crippen MR) is 144 cm³/mol. The SMILES string of the molecule is Cc1cc([C@H]2[C@@H](c3ccccn3)NC(=S)N2c2ccc(C(C)C)cc2)c(C)n1-c1ccc(F)cc1. The molecule has 2 aromatic heterocycles. The van der Waals surface area contributed by atoms with E-state index in [-0.39, 0.29) is 17.9 Å². The first-order valence-electron chi connectivity index (χ1n) is 11.9. The van der Waals surface area contributed by atoms with Crippen LogP contribution in [0.3, 0.4) is 0 Å². The van der Waals surface area contributed by atoms with Crippen molar-refractivity contribution >= 4 is 23.0 Å². The lowest BCUT2D eigenvalue weighted by molar-refractivity contribution is 0.565. The molecule has 5 rings (SSSR count). The zero-order valence-electron chi connectivity index (χ0n) is 20.4. The number of hydrogen-bond donors (Lipinski definition) is 1. The van der Waals surface area contributed by atoms with Crippen molar-refractivity contribution in [1.82, 2.24) is 14.9 Å². The minimum absolute atomic E-state index is 0.0947. The van der Waals surface area contributed by atoms with Crippen molar-refractivity contribution in [2.45, 2.75) is 45.7 Å². The number of anilines is 1. The molecule has 1 saturated heterocycles. The number of rotatable bonds is 5. The Kier molecular flexibility index (Phi) is 6.15. The van der Waals surface area contributed by atoms with Crippen LogP contribution in [0.2, 0.25) is 0 Å². The smallest absolute Gasteiger partial charge is 0.174 e. The molecular formula is C29H29FN4S. The van der Waals surface area contributed by atoms with Crippen LogP contribution in [0.15, 0.2) is 79.0 Å². The zero-order chi connectivity index (χ0) is 24.7. The van der Waals surface area contributed by atoms with Gasteiger partial charge in [-0.1, -0.05) is 32.0 Å². The van der Waals surface area contributed by atoms with Crippen LogP contribution in [0.4, 0.5) is 10.1 Å². The maximum atomic E-state index is 13.6. The fourth-order valence-electron chi connectivity index (χ4n) is 5.04. The number of nitrogens with one attached hydrogen (secondary N) is 1. The van der Waals surface area contributed by atoms with Crippen molar-refractivity contribution < 1.29 is 4.39 Å². The van der Waals surface area contributed by atoms with Crippen molar-refractivity contribution in [1.29, 1.82) is 0 Å².